The molecule has 0 aromatic heterocycles. The quantitative estimate of drug-likeness (QED) is 0.749. The molecule has 2 rings (SSSR count). The van der Waals surface area contributed by atoms with Crippen molar-refractivity contribution in [1.29, 1.82) is 0 Å². The minimum Gasteiger partial charge on any atom is -0.494 e. The Morgan fingerprint density at radius 1 is 1.13 bits per heavy atom. The molecule has 5 heteroatoms. The molecule has 23 heavy (non-hydrogen) atoms. The van der Waals surface area contributed by atoms with Crippen LogP contribution in [0, 0.1) is 0 Å². The molecular weight excluding hydrogens is 308 g/mol. The van der Waals surface area contributed by atoms with E-state index in [0.717, 1.165) is 22.8 Å². The number of carbonyl (C=O) groups is 1. The van der Waals surface area contributed by atoms with Gasteiger partial charge in [-0.3, -0.25) is 0 Å². The van der Waals surface area contributed by atoms with Crippen LogP contribution in [0.1, 0.15) is 12.5 Å². The van der Waals surface area contributed by atoms with Crippen molar-refractivity contribution in [2.75, 3.05) is 24.7 Å². The van der Waals surface area contributed by atoms with Gasteiger partial charge in [-0.2, -0.15) is 0 Å². The van der Waals surface area contributed by atoms with Crippen LogP contribution < -0.4 is 15.4 Å². The van der Waals surface area contributed by atoms with Gasteiger partial charge >= 0.3 is 6.03 Å². The van der Waals surface area contributed by atoms with Crippen molar-refractivity contribution in [1.82, 2.24) is 5.32 Å². The molecule has 0 saturated carbocycles. The molecule has 0 unspecified atom stereocenters. The second-order valence-corrected chi connectivity index (χ2v) is 5.76. The largest absolute Gasteiger partial charge is 0.494 e. The molecular formula is C18H22N2O2S. The maximum absolute atomic E-state index is 12.0. The van der Waals surface area contributed by atoms with Crippen LogP contribution in [0.3, 0.4) is 0 Å². The second kappa shape index (κ2) is 9.10. The van der Waals surface area contributed by atoms with E-state index >= 15 is 0 Å². The first-order valence-corrected chi connectivity index (χ1v) is 8.85. The SMILES string of the molecule is CCOc1ccc(CCNC(=O)Nc2ccccc2SC)cc1. The first-order valence-electron chi connectivity index (χ1n) is 7.62. The number of nitrogens with one attached hydrogen (secondary N) is 2. The topological polar surface area (TPSA) is 50.4 Å². The Bertz CT molecular complexity index is 629. The number of hydrogen-bond donors (Lipinski definition) is 2. The third-order valence-electron chi connectivity index (χ3n) is 3.29. The minimum absolute atomic E-state index is 0.183. The molecule has 122 valence electrons. The van der Waals surface area contributed by atoms with Gasteiger partial charge in [0.25, 0.3) is 0 Å². The number of hydrogen-bond acceptors (Lipinski definition) is 3. The summed E-state index contributed by atoms with van der Waals surface area (Å²) in [6, 6.07) is 15.5. The van der Waals surface area contributed by atoms with E-state index in [0.29, 0.717) is 13.2 Å². The van der Waals surface area contributed by atoms with Crippen LogP contribution in [0.2, 0.25) is 0 Å². The lowest BCUT2D eigenvalue weighted by atomic mass is 10.1. The summed E-state index contributed by atoms with van der Waals surface area (Å²) >= 11 is 1.61. The van der Waals surface area contributed by atoms with E-state index in [1.54, 1.807) is 11.8 Å². The highest BCUT2D eigenvalue weighted by Crippen LogP contribution is 2.24. The van der Waals surface area contributed by atoms with Crippen LogP contribution in [-0.2, 0) is 6.42 Å². The molecule has 0 fully saturated rings. The number of benzene rings is 2. The summed E-state index contributed by atoms with van der Waals surface area (Å²) < 4.78 is 5.41. The zero-order chi connectivity index (χ0) is 16.5. The van der Waals surface area contributed by atoms with Crippen LogP contribution in [0.4, 0.5) is 10.5 Å². The minimum atomic E-state index is -0.183. The first kappa shape index (κ1) is 17.2. The number of rotatable bonds is 7. The standard InChI is InChI=1S/C18H22N2O2S/c1-3-22-15-10-8-14(9-11-15)12-13-19-18(21)20-16-6-4-5-7-17(16)23-2/h4-11H,3,12-13H2,1-2H3,(H2,19,20,21). The second-order valence-electron chi connectivity index (χ2n) is 4.91. The summed E-state index contributed by atoms with van der Waals surface area (Å²) in [5.41, 5.74) is 2.00. The molecule has 0 bridgehead atoms. The normalized spacial score (nSPS) is 10.2. The molecule has 0 aliphatic rings. The van der Waals surface area contributed by atoms with E-state index in [-0.39, 0.29) is 6.03 Å². The summed E-state index contributed by atoms with van der Waals surface area (Å²) in [5, 5.41) is 5.76. The molecule has 0 spiro atoms. The predicted molar refractivity (Wildman–Crippen MR) is 96.6 cm³/mol. The van der Waals surface area contributed by atoms with Crippen LogP contribution in [0.15, 0.2) is 53.4 Å². The number of ether oxygens (including phenoxy) is 1. The van der Waals surface area contributed by atoms with Crippen LogP contribution in [0.5, 0.6) is 5.75 Å². The van der Waals surface area contributed by atoms with Gasteiger partial charge in [-0.25, -0.2) is 4.79 Å². The van der Waals surface area contributed by atoms with Gasteiger partial charge in [0, 0.05) is 11.4 Å². The smallest absolute Gasteiger partial charge is 0.319 e. The summed E-state index contributed by atoms with van der Waals surface area (Å²) in [6.07, 6.45) is 2.77. The molecule has 2 aromatic carbocycles. The maximum Gasteiger partial charge on any atom is 0.319 e. The molecule has 2 amide bonds. The summed E-state index contributed by atoms with van der Waals surface area (Å²) in [7, 11) is 0. The lowest BCUT2D eigenvalue weighted by molar-refractivity contribution is 0.252. The molecule has 0 aliphatic heterocycles. The molecule has 0 saturated heterocycles. The van der Waals surface area contributed by atoms with Crippen LogP contribution in [-0.4, -0.2) is 25.4 Å². The molecule has 0 aliphatic carbocycles. The number of thioether (sulfide) groups is 1. The monoisotopic (exact) mass is 330 g/mol. The summed E-state index contributed by atoms with van der Waals surface area (Å²) in [5.74, 6) is 0.871. The molecule has 0 atom stereocenters. The zero-order valence-electron chi connectivity index (χ0n) is 13.5. The summed E-state index contributed by atoms with van der Waals surface area (Å²) in [6.45, 7) is 3.21. The Morgan fingerprint density at radius 3 is 2.57 bits per heavy atom. The van der Waals surface area contributed by atoms with Gasteiger partial charge in [0.2, 0.25) is 0 Å². The lowest BCUT2D eigenvalue weighted by Crippen LogP contribution is -2.30. The van der Waals surface area contributed by atoms with Gasteiger partial charge in [-0.05, 0) is 49.4 Å². The van der Waals surface area contributed by atoms with E-state index in [9.17, 15) is 4.79 Å². The van der Waals surface area contributed by atoms with Gasteiger partial charge in [0.1, 0.15) is 5.75 Å². The highest BCUT2D eigenvalue weighted by Gasteiger charge is 2.05. The average molecular weight is 330 g/mol. The van der Waals surface area contributed by atoms with Crippen molar-refractivity contribution in [3.8, 4) is 5.75 Å². The third-order valence-corrected chi connectivity index (χ3v) is 4.08. The average Bonchev–Trinajstić information content (AvgIpc) is 2.57. The first-order chi connectivity index (χ1) is 11.2. The number of anilines is 1. The highest BCUT2D eigenvalue weighted by atomic mass is 32.2. The van der Waals surface area contributed by atoms with Crippen LogP contribution >= 0.6 is 11.8 Å². The van der Waals surface area contributed by atoms with Gasteiger partial charge in [-0.15, -0.1) is 11.8 Å². The Labute approximate surface area is 141 Å². The van der Waals surface area contributed by atoms with Crippen molar-refractivity contribution >= 4 is 23.5 Å². The number of amides is 2. The van der Waals surface area contributed by atoms with Crippen molar-refractivity contribution in [3.05, 3.63) is 54.1 Å². The van der Waals surface area contributed by atoms with Crippen molar-refractivity contribution < 1.29 is 9.53 Å². The zero-order valence-corrected chi connectivity index (χ0v) is 14.3. The van der Waals surface area contributed by atoms with E-state index in [2.05, 4.69) is 10.6 Å². The van der Waals surface area contributed by atoms with E-state index in [1.807, 2.05) is 61.7 Å². The van der Waals surface area contributed by atoms with Crippen molar-refractivity contribution in [3.63, 3.8) is 0 Å². The number of para-hydroxylation sites is 1. The van der Waals surface area contributed by atoms with Crippen LogP contribution in [0.25, 0.3) is 0 Å². The fourth-order valence-electron chi connectivity index (χ4n) is 2.15. The molecule has 0 heterocycles. The van der Waals surface area contributed by atoms with Gasteiger partial charge < -0.3 is 15.4 Å². The fourth-order valence-corrected chi connectivity index (χ4v) is 2.71. The Morgan fingerprint density at radius 2 is 1.87 bits per heavy atom. The fraction of sp³-hybridized carbons (Fsp3) is 0.278. The highest BCUT2D eigenvalue weighted by molar-refractivity contribution is 7.98. The Hall–Kier alpha value is -2.14. The van der Waals surface area contributed by atoms with Gasteiger partial charge in [-0.1, -0.05) is 24.3 Å². The molecule has 4 nitrogen and oxygen atoms in total. The Balaban J connectivity index is 1.78. The molecule has 2 aromatic rings. The third kappa shape index (κ3) is 5.53. The van der Waals surface area contributed by atoms with E-state index in [4.69, 9.17) is 4.74 Å². The van der Waals surface area contributed by atoms with E-state index in [1.165, 1.54) is 5.56 Å². The van der Waals surface area contributed by atoms with E-state index < -0.39 is 0 Å². The number of urea groups is 1. The van der Waals surface area contributed by atoms with Crippen molar-refractivity contribution in [2.24, 2.45) is 0 Å². The van der Waals surface area contributed by atoms with Gasteiger partial charge in [0.05, 0.1) is 12.3 Å². The Kier molecular flexibility index (Phi) is 6.81. The number of carbonyl (C=O) groups excluding carboxylic acids is 1. The maximum atomic E-state index is 12.0. The lowest BCUT2D eigenvalue weighted by Gasteiger charge is -2.10. The predicted octanol–water partition coefficient (Wildman–Crippen LogP) is 4.17. The van der Waals surface area contributed by atoms with Crippen molar-refractivity contribution in [2.45, 2.75) is 18.2 Å². The van der Waals surface area contributed by atoms with Gasteiger partial charge in [0.15, 0.2) is 0 Å². The molecule has 2 N–H and O–H groups in total. The summed E-state index contributed by atoms with van der Waals surface area (Å²) in [4.78, 5) is 13.0. The molecule has 0 radical (unpaired) electrons.